The first-order valence-corrected chi connectivity index (χ1v) is 6.74. The molecule has 1 atom stereocenters. The van der Waals surface area contributed by atoms with E-state index >= 15 is 0 Å². The lowest BCUT2D eigenvalue weighted by molar-refractivity contribution is 0.214. The van der Waals surface area contributed by atoms with E-state index in [2.05, 4.69) is 23.9 Å². The number of hydrogen-bond acceptors (Lipinski definition) is 3. The lowest BCUT2D eigenvalue weighted by atomic mass is 10.1. The minimum Gasteiger partial charge on any atom is -0.507 e. The van der Waals surface area contributed by atoms with Crippen molar-refractivity contribution in [1.82, 2.24) is 9.80 Å². The molecular weight excluding hydrogens is 224 g/mol. The minimum atomic E-state index is 0.448. The van der Waals surface area contributed by atoms with Crippen LogP contribution in [0.2, 0.25) is 0 Å². The summed E-state index contributed by atoms with van der Waals surface area (Å²) in [5, 5.41) is 10.0. The molecule has 3 heteroatoms. The van der Waals surface area contributed by atoms with Gasteiger partial charge in [-0.1, -0.05) is 18.2 Å². The Labute approximate surface area is 110 Å². The second-order valence-electron chi connectivity index (χ2n) is 5.56. The number of para-hydroxylation sites is 1. The highest BCUT2D eigenvalue weighted by molar-refractivity contribution is 5.39. The fraction of sp³-hybridized carbons (Fsp3) is 0.600. The Morgan fingerprint density at radius 1 is 1.44 bits per heavy atom. The number of benzene rings is 1. The minimum absolute atomic E-state index is 0.448. The average molecular weight is 248 g/mol. The van der Waals surface area contributed by atoms with Gasteiger partial charge < -0.3 is 14.9 Å². The van der Waals surface area contributed by atoms with Gasteiger partial charge in [0.05, 0.1) is 0 Å². The van der Waals surface area contributed by atoms with Gasteiger partial charge in [-0.3, -0.25) is 0 Å². The van der Waals surface area contributed by atoms with Gasteiger partial charge in [0.2, 0.25) is 0 Å². The summed E-state index contributed by atoms with van der Waals surface area (Å²) in [5.41, 5.74) is 1.98. The normalized spacial score (nSPS) is 20.8. The summed E-state index contributed by atoms with van der Waals surface area (Å²) >= 11 is 0. The monoisotopic (exact) mass is 248 g/mol. The zero-order valence-electron chi connectivity index (χ0n) is 11.7. The molecule has 2 rings (SSSR count). The average Bonchev–Trinajstić information content (AvgIpc) is 2.71. The van der Waals surface area contributed by atoms with Gasteiger partial charge in [0.1, 0.15) is 5.75 Å². The zero-order chi connectivity index (χ0) is 13.1. The molecule has 1 aromatic carbocycles. The maximum absolute atomic E-state index is 10.0. The third kappa shape index (κ3) is 3.03. The maximum Gasteiger partial charge on any atom is 0.122 e. The van der Waals surface area contributed by atoms with Crippen LogP contribution in [0.25, 0.3) is 0 Å². The van der Waals surface area contributed by atoms with Gasteiger partial charge >= 0.3 is 0 Å². The molecular formula is C15H24N2O. The van der Waals surface area contributed by atoms with Gasteiger partial charge in [-0.05, 0) is 46.0 Å². The van der Waals surface area contributed by atoms with Crippen molar-refractivity contribution in [3.63, 3.8) is 0 Å². The number of phenolic OH excluding ortho intramolecular Hbond substituents is 1. The van der Waals surface area contributed by atoms with E-state index in [1.165, 1.54) is 19.4 Å². The summed E-state index contributed by atoms with van der Waals surface area (Å²) in [5.74, 6) is 0.448. The van der Waals surface area contributed by atoms with Crippen LogP contribution >= 0.6 is 0 Å². The summed E-state index contributed by atoms with van der Waals surface area (Å²) < 4.78 is 0. The van der Waals surface area contributed by atoms with E-state index in [1.54, 1.807) is 0 Å². The van der Waals surface area contributed by atoms with Crippen LogP contribution in [0.5, 0.6) is 5.75 Å². The zero-order valence-corrected chi connectivity index (χ0v) is 11.7. The van der Waals surface area contributed by atoms with Gasteiger partial charge in [-0.2, -0.15) is 0 Å². The van der Waals surface area contributed by atoms with E-state index in [9.17, 15) is 5.11 Å². The van der Waals surface area contributed by atoms with Crippen molar-refractivity contribution in [2.24, 2.45) is 0 Å². The van der Waals surface area contributed by atoms with E-state index in [4.69, 9.17) is 0 Å². The third-order valence-corrected chi connectivity index (χ3v) is 3.96. The fourth-order valence-electron chi connectivity index (χ4n) is 2.77. The molecule has 0 spiro atoms. The Balaban J connectivity index is 1.94. The Morgan fingerprint density at radius 2 is 2.22 bits per heavy atom. The molecule has 100 valence electrons. The molecule has 1 aliphatic heterocycles. The first-order chi connectivity index (χ1) is 8.58. The van der Waals surface area contributed by atoms with E-state index in [1.807, 2.05) is 25.1 Å². The number of hydrogen-bond donors (Lipinski definition) is 1. The van der Waals surface area contributed by atoms with Gasteiger partial charge in [0.15, 0.2) is 0 Å². The number of likely N-dealkylation sites (N-methyl/N-ethyl adjacent to an activating group) is 2. The quantitative estimate of drug-likeness (QED) is 0.885. The number of aryl methyl sites for hydroxylation is 1. The van der Waals surface area contributed by atoms with Gasteiger partial charge in [0.25, 0.3) is 0 Å². The predicted octanol–water partition coefficient (Wildman–Crippen LogP) is 2.23. The van der Waals surface area contributed by atoms with Crippen molar-refractivity contribution >= 4 is 0 Å². The Morgan fingerprint density at radius 3 is 2.89 bits per heavy atom. The highest BCUT2D eigenvalue weighted by Crippen LogP contribution is 2.23. The Kier molecular flexibility index (Phi) is 4.25. The molecule has 1 heterocycles. The smallest absolute Gasteiger partial charge is 0.122 e. The molecule has 1 saturated heterocycles. The fourth-order valence-corrected chi connectivity index (χ4v) is 2.77. The topological polar surface area (TPSA) is 26.7 Å². The lowest BCUT2D eigenvalue weighted by Crippen LogP contribution is -2.36. The maximum atomic E-state index is 10.0. The van der Waals surface area contributed by atoms with Gasteiger partial charge in [-0.25, -0.2) is 0 Å². The van der Waals surface area contributed by atoms with Crippen LogP contribution in [0.15, 0.2) is 18.2 Å². The molecule has 0 amide bonds. The second-order valence-corrected chi connectivity index (χ2v) is 5.56. The molecule has 1 N–H and O–H groups in total. The molecule has 0 radical (unpaired) electrons. The number of likely N-dealkylation sites (tertiary alicyclic amines) is 1. The summed E-state index contributed by atoms with van der Waals surface area (Å²) in [7, 11) is 4.34. The van der Waals surface area contributed by atoms with Crippen LogP contribution in [0.4, 0.5) is 0 Å². The SMILES string of the molecule is Cc1cccc(CN(C)CC2CCCN2C)c1O. The lowest BCUT2D eigenvalue weighted by Gasteiger charge is -2.26. The van der Waals surface area contributed by atoms with Crippen molar-refractivity contribution in [2.75, 3.05) is 27.2 Å². The molecule has 0 aliphatic carbocycles. The van der Waals surface area contributed by atoms with Crippen molar-refractivity contribution < 1.29 is 5.11 Å². The van der Waals surface area contributed by atoms with Crippen molar-refractivity contribution in [2.45, 2.75) is 32.4 Å². The summed E-state index contributed by atoms with van der Waals surface area (Å²) in [6.45, 7) is 5.06. The van der Waals surface area contributed by atoms with Crippen LogP contribution in [0.3, 0.4) is 0 Å². The van der Waals surface area contributed by atoms with Gasteiger partial charge in [0, 0.05) is 24.7 Å². The number of nitrogens with zero attached hydrogens (tertiary/aromatic N) is 2. The molecule has 1 fully saturated rings. The molecule has 0 aromatic heterocycles. The molecule has 3 nitrogen and oxygen atoms in total. The third-order valence-electron chi connectivity index (χ3n) is 3.96. The van der Waals surface area contributed by atoms with Gasteiger partial charge in [-0.15, -0.1) is 0 Å². The largest absolute Gasteiger partial charge is 0.507 e. The standard InChI is InChI=1S/C15H24N2O/c1-12-6-4-7-13(15(12)18)10-16(2)11-14-8-5-9-17(14)3/h4,6-7,14,18H,5,8-11H2,1-3H3. The van der Waals surface area contributed by atoms with E-state index in [0.29, 0.717) is 11.8 Å². The Hall–Kier alpha value is -1.06. The van der Waals surface area contributed by atoms with Crippen molar-refractivity contribution in [1.29, 1.82) is 0 Å². The predicted molar refractivity (Wildman–Crippen MR) is 74.8 cm³/mol. The highest BCUT2D eigenvalue weighted by atomic mass is 16.3. The van der Waals surface area contributed by atoms with Crippen molar-refractivity contribution in [3.05, 3.63) is 29.3 Å². The van der Waals surface area contributed by atoms with Crippen LogP contribution in [-0.4, -0.2) is 48.1 Å². The first kappa shape index (κ1) is 13.4. The molecule has 1 aromatic rings. The van der Waals surface area contributed by atoms with Crippen LogP contribution in [0.1, 0.15) is 24.0 Å². The van der Waals surface area contributed by atoms with Crippen LogP contribution in [-0.2, 0) is 6.54 Å². The molecule has 1 aliphatic rings. The Bertz CT molecular complexity index is 405. The van der Waals surface area contributed by atoms with Crippen LogP contribution in [0, 0.1) is 6.92 Å². The first-order valence-electron chi connectivity index (χ1n) is 6.74. The second kappa shape index (κ2) is 5.72. The number of phenols is 1. The highest BCUT2D eigenvalue weighted by Gasteiger charge is 2.22. The summed E-state index contributed by atoms with van der Waals surface area (Å²) in [6, 6.07) is 6.64. The number of rotatable bonds is 4. The summed E-state index contributed by atoms with van der Waals surface area (Å²) in [6.07, 6.45) is 2.60. The molecule has 18 heavy (non-hydrogen) atoms. The van der Waals surface area contributed by atoms with E-state index in [-0.39, 0.29) is 0 Å². The number of aromatic hydroxyl groups is 1. The van der Waals surface area contributed by atoms with E-state index in [0.717, 1.165) is 24.2 Å². The summed E-state index contributed by atoms with van der Waals surface area (Å²) in [4.78, 5) is 4.74. The van der Waals surface area contributed by atoms with Crippen molar-refractivity contribution in [3.8, 4) is 5.75 Å². The molecule has 0 bridgehead atoms. The molecule has 1 unspecified atom stereocenters. The van der Waals surface area contributed by atoms with Crippen LogP contribution < -0.4 is 0 Å². The van der Waals surface area contributed by atoms with E-state index < -0.39 is 0 Å². The molecule has 0 saturated carbocycles.